The number of fused-ring (bicyclic) bond motifs is 1. The highest BCUT2D eigenvalue weighted by atomic mass is 35.5. The molecule has 0 saturated heterocycles. The van der Waals surface area contributed by atoms with E-state index >= 15 is 0 Å². The summed E-state index contributed by atoms with van der Waals surface area (Å²) < 4.78 is 0. The van der Waals surface area contributed by atoms with E-state index in [9.17, 15) is 0 Å². The minimum atomic E-state index is 0.754. The maximum absolute atomic E-state index is 6.59. The molecule has 7 aromatic rings. The summed E-state index contributed by atoms with van der Waals surface area (Å²) in [5, 5.41) is 6.47. The van der Waals surface area contributed by atoms with E-state index in [4.69, 9.17) is 11.6 Å². The van der Waals surface area contributed by atoms with Crippen molar-refractivity contribution in [3.63, 3.8) is 0 Å². The molecule has 0 aliphatic heterocycles. The summed E-state index contributed by atoms with van der Waals surface area (Å²) in [6.45, 7) is 0. The van der Waals surface area contributed by atoms with Gasteiger partial charge in [0.25, 0.3) is 0 Å². The van der Waals surface area contributed by atoms with Crippen molar-refractivity contribution in [2.24, 2.45) is 0 Å². The molecule has 0 aromatic heterocycles. The average Bonchev–Trinajstić information content (AvgIpc) is 3.07. The Morgan fingerprint density at radius 2 is 0.977 bits per heavy atom. The molecule has 206 valence electrons. The van der Waals surface area contributed by atoms with E-state index in [2.05, 4.69) is 144 Å². The van der Waals surface area contributed by atoms with Crippen LogP contribution in [0.25, 0.3) is 33.0 Å². The van der Waals surface area contributed by atoms with Crippen LogP contribution in [-0.2, 0) is 0 Å². The van der Waals surface area contributed by atoms with Crippen LogP contribution >= 0.6 is 11.6 Å². The first kappa shape index (κ1) is 26.6. The Balaban J connectivity index is 1.21. The molecule has 1 N–H and O–H groups in total. The van der Waals surface area contributed by atoms with E-state index in [1.165, 1.54) is 22.3 Å². The highest BCUT2D eigenvalue weighted by molar-refractivity contribution is 6.36. The van der Waals surface area contributed by atoms with Crippen molar-refractivity contribution < 1.29 is 0 Å². The smallest absolute Gasteiger partial charge is 0.0540 e. The number of anilines is 5. The number of hydrogen-bond donors (Lipinski definition) is 1. The zero-order valence-electron chi connectivity index (χ0n) is 23.5. The van der Waals surface area contributed by atoms with Gasteiger partial charge in [-0.2, -0.15) is 0 Å². The Morgan fingerprint density at radius 1 is 0.419 bits per heavy atom. The molecule has 0 radical (unpaired) electrons. The molecule has 0 aliphatic carbocycles. The van der Waals surface area contributed by atoms with Crippen molar-refractivity contribution in [2.75, 3.05) is 10.2 Å². The highest BCUT2D eigenvalue weighted by Gasteiger charge is 2.16. The third-order valence-corrected chi connectivity index (χ3v) is 8.07. The summed E-state index contributed by atoms with van der Waals surface area (Å²) in [5.74, 6) is 0. The Hall–Kier alpha value is -5.31. The number of nitrogens with zero attached hydrogens (tertiary/aromatic N) is 1. The van der Waals surface area contributed by atoms with Crippen molar-refractivity contribution in [1.82, 2.24) is 0 Å². The van der Waals surface area contributed by atoms with Crippen LogP contribution in [0.1, 0.15) is 0 Å². The molecular formula is C40H29ClN2. The largest absolute Gasteiger partial charge is 0.355 e. The molecule has 7 aromatic carbocycles. The van der Waals surface area contributed by atoms with E-state index in [1.807, 2.05) is 36.4 Å². The lowest BCUT2D eigenvalue weighted by molar-refractivity contribution is 1.30. The van der Waals surface area contributed by atoms with Crippen molar-refractivity contribution in [1.29, 1.82) is 0 Å². The summed E-state index contributed by atoms with van der Waals surface area (Å²) in [7, 11) is 0. The minimum Gasteiger partial charge on any atom is -0.355 e. The van der Waals surface area contributed by atoms with Crippen LogP contribution in [0.5, 0.6) is 0 Å². The second-order valence-corrected chi connectivity index (χ2v) is 10.9. The van der Waals surface area contributed by atoms with Gasteiger partial charge in [-0.1, -0.05) is 127 Å². The first-order chi connectivity index (χ1) is 21.2. The van der Waals surface area contributed by atoms with Crippen LogP contribution in [0.4, 0.5) is 28.4 Å². The molecular weight excluding hydrogens is 544 g/mol. The summed E-state index contributed by atoms with van der Waals surface area (Å²) >= 11 is 6.59. The van der Waals surface area contributed by atoms with Gasteiger partial charge in [-0.3, -0.25) is 0 Å². The zero-order valence-corrected chi connectivity index (χ0v) is 24.2. The number of rotatable bonds is 7. The van der Waals surface area contributed by atoms with Crippen LogP contribution in [0.15, 0.2) is 170 Å². The zero-order chi connectivity index (χ0) is 29.0. The van der Waals surface area contributed by atoms with Gasteiger partial charge >= 0.3 is 0 Å². The molecule has 3 heteroatoms. The van der Waals surface area contributed by atoms with Gasteiger partial charge in [-0.25, -0.2) is 0 Å². The molecule has 0 heterocycles. The fourth-order valence-electron chi connectivity index (χ4n) is 5.62. The van der Waals surface area contributed by atoms with E-state index in [0.29, 0.717) is 0 Å². The Bertz CT molecular complexity index is 1980. The van der Waals surface area contributed by atoms with Gasteiger partial charge in [0.2, 0.25) is 0 Å². The number of hydrogen-bond acceptors (Lipinski definition) is 2. The third-order valence-electron chi connectivity index (χ3n) is 7.74. The Kier molecular flexibility index (Phi) is 7.35. The third kappa shape index (κ3) is 5.49. The number of benzene rings is 7. The molecule has 0 unspecified atom stereocenters. The molecule has 0 bridgehead atoms. The summed E-state index contributed by atoms with van der Waals surface area (Å²) in [4.78, 5) is 2.29. The molecule has 0 fully saturated rings. The predicted molar refractivity (Wildman–Crippen MR) is 184 cm³/mol. The van der Waals surface area contributed by atoms with Gasteiger partial charge in [0, 0.05) is 44.1 Å². The van der Waals surface area contributed by atoms with Gasteiger partial charge < -0.3 is 10.2 Å². The lowest BCUT2D eigenvalue weighted by Crippen LogP contribution is -2.10. The fourth-order valence-corrected chi connectivity index (χ4v) is 5.86. The summed E-state index contributed by atoms with van der Waals surface area (Å²) in [5.41, 5.74) is 10.1. The normalized spacial score (nSPS) is 10.9. The van der Waals surface area contributed by atoms with Crippen molar-refractivity contribution in [3.8, 4) is 22.3 Å². The van der Waals surface area contributed by atoms with Crippen LogP contribution in [0, 0.1) is 0 Å². The number of para-hydroxylation sites is 3. The second-order valence-electron chi connectivity index (χ2n) is 10.4. The first-order valence-electron chi connectivity index (χ1n) is 14.4. The first-order valence-corrected chi connectivity index (χ1v) is 14.8. The summed E-state index contributed by atoms with van der Waals surface area (Å²) in [6.07, 6.45) is 0. The van der Waals surface area contributed by atoms with Gasteiger partial charge in [0.1, 0.15) is 0 Å². The van der Waals surface area contributed by atoms with Gasteiger partial charge in [0.15, 0.2) is 0 Å². The predicted octanol–water partition coefficient (Wildman–Crippen LogP) is 12.0. The lowest BCUT2D eigenvalue weighted by Gasteiger charge is -2.27. The summed E-state index contributed by atoms with van der Waals surface area (Å²) in [6, 6.07) is 59.2. The maximum Gasteiger partial charge on any atom is 0.0540 e. The quantitative estimate of drug-likeness (QED) is 0.204. The molecule has 0 spiro atoms. The molecule has 43 heavy (non-hydrogen) atoms. The van der Waals surface area contributed by atoms with E-state index in [-0.39, 0.29) is 0 Å². The minimum absolute atomic E-state index is 0.754. The van der Waals surface area contributed by atoms with E-state index in [1.54, 1.807) is 0 Å². The van der Waals surface area contributed by atoms with Crippen LogP contribution < -0.4 is 10.2 Å². The van der Waals surface area contributed by atoms with Crippen LogP contribution in [0.2, 0.25) is 5.02 Å². The van der Waals surface area contributed by atoms with Crippen LogP contribution in [0.3, 0.4) is 0 Å². The number of halogens is 1. The van der Waals surface area contributed by atoms with E-state index in [0.717, 1.165) is 44.2 Å². The number of nitrogens with one attached hydrogen (secondary N) is 1. The van der Waals surface area contributed by atoms with Gasteiger partial charge in [0.05, 0.1) is 5.69 Å². The fraction of sp³-hybridized carbons (Fsp3) is 0. The average molecular weight is 573 g/mol. The highest BCUT2D eigenvalue weighted by Crippen LogP contribution is 2.41. The molecule has 0 aliphatic rings. The van der Waals surface area contributed by atoms with Crippen LogP contribution in [-0.4, -0.2) is 0 Å². The van der Waals surface area contributed by atoms with Crippen molar-refractivity contribution in [2.45, 2.75) is 0 Å². The van der Waals surface area contributed by atoms with Gasteiger partial charge in [-0.05, 0) is 71.3 Å². The maximum atomic E-state index is 6.59. The van der Waals surface area contributed by atoms with E-state index < -0.39 is 0 Å². The van der Waals surface area contributed by atoms with Gasteiger partial charge in [-0.15, -0.1) is 0 Å². The Morgan fingerprint density at radius 3 is 1.72 bits per heavy atom. The monoisotopic (exact) mass is 572 g/mol. The SMILES string of the molecule is Clc1cccc2c(N(c3ccccc3)c3ccc(-c4ccc(-c5ccccc5Nc5ccccc5)cc4)cc3)cccc12. The topological polar surface area (TPSA) is 15.3 Å². The Labute approximate surface area is 257 Å². The molecule has 0 atom stereocenters. The molecule has 2 nitrogen and oxygen atoms in total. The van der Waals surface area contributed by atoms with Crippen molar-refractivity contribution >= 4 is 50.8 Å². The molecule has 0 saturated carbocycles. The lowest BCUT2D eigenvalue weighted by atomic mass is 9.98. The second kappa shape index (κ2) is 11.9. The molecule has 0 amide bonds. The molecule has 7 rings (SSSR count). The standard InChI is InChI=1S/C40H29ClN2/c41-38-18-9-17-37-36(38)16-10-20-40(37)43(33-13-5-2-6-14-33)34-27-25-30(26-28-34)29-21-23-31(24-22-29)35-15-7-8-19-39(35)42-32-11-3-1-4-12-32/h1-28,42H. The van der Waals surface area contributed by atoms with Crippen molar-refractivity contribution in [3.05, 3.63) is 175 Å².